The number of hydrogen-bond acceptors (Lipinski definition) is 5. The van der Waals surface area contributed by atoms with Crippen molar-refractivity contribution in [3.8, 4) is 0 Å². The average Bonchev–Trinajstić information content (AvgIpc) is 3.02. The lowest BCUT2D eigenvalue weighted by Crippen LogP contribution is -2.27. The molecule has 0 spiro atoms. The van der Waals surface area contributed by atoms with Crippen molar-refractivity contribution in [2.45, 2.75) is 31.8 Å². The van der Waals surface area contributed by atoms with Crippen molar-refractivity contribution < 1.29 is 4.52 Å². The fraction of sp³-hybridized carbons (Fsp3) is 0.545. The molecule has 1 unspecified atom stereocenters. The first kappa shape index (κ1) is 10.5. The number of nitrogens with zero attached hydrogens (tertiary/aromatic N) is 4. The van der Waals surface area contributed by atoms with Gasteiger partial charge in [0.15, 0.2) is 5.82 Å². The molecule has 0 radical (unpaired) electrons. The van der Waals surface area contributed by atoms with Gasteiger partial charge >= 0.3 is 0 Å². The third-order valence-corrected chi connectivity index (χ3v) is 2.96. The molecule has 0 aromatic carbocycles. The van der Waals surface area contributed by atoms with Gasteiger partial charge in [-0.3, -0.25) is 4.68 Å². The molecule has 6 heteroatoms. The third kappa shape index (κ3) is 2.36. The van der Waals surface area contributed by atoms with Crippen LogP contribution in [-0.4, -0.2) is 26.5 Å². The maximum Gasteiger partial charge on any atom is 0.248 e. The maximum absolute atomic E-state index is 5.23. The van der Waals surface area contributed by atoms with E-state index >= 15 is 0 Å². The Bertz CT molecular complexity index is 458. The van der Waals surface area contributed by atoms with E-state index in [9.17, 15) is 0 Å². The number of rotatable bonds is 3. The van der Waals surface area contributed by atoms with Gasteiger partial charge in [-0.25, -0.2) is 0 Å². The zero-order valence-electron chi connectivity index (χ0n) is 9.54. The number of aromatic nitrogens is 4. The molecule has 0 amide bonds. The number of piperidine rings is 1. The molecular formula is C11H15N5O. The standard InChI is InChI=1S/C11H15N5O/c1-2-5-12-9(4-1)11-14-10(17-15-11)8-16-7-3-6-13-16/h3,6-7,9,12H,1-2,4-5,8H2. The van der Waals surface area contributed by atoms with Crippen molar-refractivity contribution in [2.75, 3.05) is 6.54 Å². The predicted octanol–water partition coefficient (Wildman–Crippen LogP) is 1.13. The molecule has 3 rings (SSSR count). The molecular weight excluding hydrogens is 218 g/mol. The molecule has 1 saturated heterocycles. The largest absolute Gasteiger partial charge is 0.337 e. The summed E-state index contributed by atoms with van der Waals surface area (Å²) in [5.41, 5.74) is 0. The first-order chi connectivity index (χ1) is 8.42. The van der Waals surface area contributed by atoms with Gasteiger partial charge < -0.3 is 9.84 Å². The second-order valence-electron chi connectivity index (χ2n) is 4.25. The highest BCUT2D eigenvalue weighted by Gasteiger charge is 2.20. The Hall–Kier alpha value is -1.69. The lowest BCUT2D eigenvalue weighted by molar-refractivity contribution is 0.342. The van der Waals surface area contributed by atoms with Crippen LogP contribution in [-0.2, 0) is 6.54 Å². The maximum atomic E-state index is 5.23. The van der Waals surface area contributed by atoms with Crippen LogP contribution in [0.5, 0.6) is 0 Å². The fourth-order valence-electron chi connectivity index (χ4n) is 2.08. The van der Waals surface area contributed by atoms with E-state index in [4.69, 9.17) is 4.52 Å². The van der Waals surface area contributed by atoms with Crippen LogP contribution in [0.3, 0.4) is 0 Å². The average molecular weight is 233 g/mol. The van der Waals surface area contributed by atoms with Gasteiger partial charge in [-0.15, -0.1) is 0 Å². The molecule has 3 heterocycles. The summed E-state index contributed by atoms with van der Waals surface area (Å²) in [5, 5.41) is 11.5. The minimum absolute atomic E-state index is 0.249. The molecule has 2 aromatic rings. The molecule has 2 aromatic heterocycles. The second-order valence-corrected chi connectivity index (χ2v) is 4.25. The van der Waals surface area contributed by atoms with E-state index in [0.717, 1.165) is 18.8 Å². The number of nitrogens with one attached hydrogen (secondary N) is 1. The van der Waals surface area contributed by atoms with Gasteiger partial charge in [0.05, 0.1) is 6.04 Å². The van der Waals surface area contributed by atoms with Crippen molar-refractivity contribution in [2.24, 2.45) is 0 Å². The Morgan fingerprint density at radius 2 is 2.47 bits per heavy atom. The van der Waals surface area contributed by atoms with Gasteiger partial charge in [0, 0.05) is 12.4 Å². The van der Waals surface area contributed by atoms with E-state index in [1.54, 1.807) is 10.9 Å². The van der Waals surface area contributed by atoms with E-state index < -0.39 is 0 Å². The molecule has 1 aliphatic rings. The van der Waals surface area contributed by atoms with Crippen LogP contribution in [0, 0.1) is 0 Å². The molecule has 1 aliphatic heterocycles. The van der Waals surface area contributed by atoms with E-state index in [1.807, 2.05) is 12.3 Å². The molecule has 17 heavy (non-hydrogen) atoms. The van der Waals surface area contributed by atoms with Crippen molar-refractivity contribution in [1.82, 2.24) is 25.2 Å². The smallest absolute Gasteiger partial charge is 0.248 e. The Morgan fingerprint density at radius 3 is 3.24 bits per heavy atom. The van der Waals surface area contributed by atoms with Gasteiger partial charge in [0.25, 0.3) is 0 Å². The molecule has 90 valence electrons. The van der Waals surface area contributed by atoms with Crippen molar-refractivity contribution >= 4 is 0 Å². The van der Waals surface area contributed by atoms with Gasteiger partial charge in [0.2, 0.25) is 5.89 Å². The highest BCUT2D eigenvalue weighted by Crippen LogP contribution is 2.20. The monoisotopic (exact) mass is 233 g/mol. The van der Waals surface area contributed by atoms with E-state index in [2.05, 4.69) is 20.6 Å². The summed E-state index contributed by atoms with van der Waals surface area (Å²) in [6.07, 6.45) is 7.15. The molecule has 0 aliphatic carbocycles. The van der Waals surface area contributed by atoms with Crippen LogP contribution >= 0.6 is 0 Å². The normalized spacial score (nSPS) is 20.6. The summed E-state index contributed by atoms with van der Waals surface area (Å²) in [7, 11) is 0. The lowest BCUT2D eigenvalue weighted by Gasteiger charge is -2.19. The van der Waals surface area contributed by atoms with Gasteiger partial charge in [0.1, 0.15) is 6.54 Å². The topological polar surface area (TPSA) is 68.8 Å². The minimum Gasteiger partial charge on any atom is -0.337 e. The zero-order chi connectivity index (χ0) is 11.5. The van der Waals surface area contributed by atoms with E-state index in [1.165, 1.54) is 12.8 Å². The van der Waals surface area contributed by atoms with Gasteiger partial charge in [-0.1, -0.05) is 11.6 Å². The fourth-order valence-corrected chi connectivity index (χ4v) is 2.08. The summed E-state index contributed by atoms with van der Waals surface area (Å²) in [5.74, 6) is 1.38. The first-order valence-electron chi connectivity index (χ1n) is 5.95. The molecule has 1 fully saturated rings. The molecule has 1 N–H and O–H groups in total. The van der Waals surface area contributed by atoms with Crippen LogP contribution < -0.4 is 5.32 Å². The molecule has 6 nitrogen and oxygen atoms in total. The van der Waals surface area contributed by atoms with Gasteiger partial charge in [-0.05, 0) is 25.5 Å². The van der Waals surface area contributed by atoms with Crippen LogP contribution in [0.4, 0.5) is 0 Å². The van der Waals surface area contributed by atoms with Crippen LogP contribution in [0.25, 0.3) is 0 Å². The molecule has 0 saturated carbocycles. The van der Waals surface area contributed by atoms with E-state index in [-0.39, 0.29) is 6.04 Å². The third-order valence-electron chi connectivity index (χ3n) is 2.96. The zero-order valence-corrected chi connectivity index (χ0v) is 9.54. The summed E-state index contributed by atoms with van der Waals surface area (Å²) in [6.45, 7) is 1.57. The highest BCUT2D eigenvalue weighted by atomic mass is 16.5. The Morgan fingerprint density at radius 1 is 1.47 bits per heavy atom. The predicted molar refractivity (Wildman–Crippen MR) is 60.2 cm³/mol. The first-order valence-corrected chi connectivity index (χ1v) is 5.95. The van der Waals surface area contributed by atoms with Gasteiger partial charge in [-0.2, -0.15) is 10.1 Å². The van der Waals surface area contributed by atoms with Crippen LogP contribution in [0.15, 0.2) is 23.0 Å². The Balaban J connectivity index is 1.69. The quantitative estimate of drug-likeness (QED) is 0.860. The van der Waals surface area contributed by atoms with Crippen LogP contribution in [0.2, 0.25) is 0 Å². The molecule has 0 bridgehead atoms. The van der Waals surface area contributed by atoms with Crippen molar-refractivity contribution in [3.05, 3.63) is 30.2 Å². The summed E-state index contributed by atoms with van der Waals surface area (Å²) >= 11 is 0. The van der Waals surface area contributed by atoms with Crippen molar-refractivity contribution in [1.29, 1.82) is 0 Å². The second kappa shape index (κ2) is 4.67. The summed E-state index contributed by atoms with van der Waals surface area (Å²) in [4.78, 5) is 4.41. The number of hydrogen-bond donors (Lipinski definition) is 1. The summed E-state index contributed by atoms with van der Waals surface area (Å²) in [6, 6.07) is 2.12. The highest BCUT2D eigenvalue weighted by molar-refractivity contribution is 4.96. The summed E-state index contributed by atoms with van der Waals surface area (Å²) < 4.78 is 7.00. The molecule has 1 atom stereocenters. The van der Waals surface area contributed by atoms with E-state index in [0.29, 0.717) is 12.4 Å². The minimum atomic E-state index is 0.249. The lowest BCUT2D eigenvalue weighted by atomic mass is 10.0. The van der Waals surface area contributed by atoms with Crippen LogP contribution in [0.1, 0.15) is 37.0 Å². The Labute approximate surface area is 99.0 Å². The SMILES string of the molecule is c1cnn(Cc2nc(C3CCCCN3)no2)c1. The van der Waals surface area contributed by atoms with Crippen molar-refractivity contribution in [3.63, 3.8) is 0 Å². The Kier molecular flexibility index (Phi) is 2.87.